The van der Waals surface area contributed by atoms with Gasteiger partial charge in [-0.1, -0.05) is 12.8 Å². The second-order valence-electron chi connectivity index (χ2n) is 2.95. The van der Waals surface area contributed by atoms with Gasteiger partial charge in [0.1, 0.15) is 0 Å². The average molecular weight is 187 g/mol. The highest BCUT2D eigenvalue weighted by atomic mass is 35.5. The Morgan fingerprint density at radius 3 is 2.00 bits per heavy atom. The maximum absolute atomic E-state index is 12.1. The zero-order valence-electron chi connectivity index (χ0n) is 5.99. The molecule has 0 saturated heterocycles. The van der Waals surface area contributed by atoms with Crippen molar-refractivity contribution < 1.29 is 13.2 Å². The Labute approximate surface area is 68.7 Å². The second kappa shape index (κ2) is 3.21. The van der Waals surface area contributed by atoms with E-state index in [1.807, 2.05) is 0 Å². The van der Waals surface area contributed by atoms with Gasteiger partial charge < -0.3 is 0 Å². The fourth-order valence-electron chi connectivity index (χ4n) is 1.45. The van der Waals surface area contributed by atoms with Gasteiger partial charge in [-0.25, -0.2) is 0 Å². The van der Waals surface area contributed by atoms with Crippen LogP contribution in [0, 0.1) is 5.92 Å². The summed E-state index contributed by atoms with van der Waals surface area (Å²) in [7, 11) is 0. The van der Waals surface area contributed by atoms with Gasteiger partial charge in [0, 0.05) is 5.38 Å². The summed E-state index contributed by atoms with van der Waals surface area (Å²) >= 11 is 5.55. The van der Waals surface area contributed by atoms with Crippen LogP contribution < -0.4 is 0 Å². The van der Waals surface area contributed by atoms with E-state index in [0.717, 1.165) is 6.42 Å². The molecule has 0 aromatic carbocycles. The third-order valence-corrected chi connectivity index (χ3v) is 2.62. The summed E-state index contributed by atoms with van der Waals surface area (Å²) in [5, 5.41) is -0.691. The van der Waals surface area contributed by atoms with Gasteiger partial charge in [-0.15, -0.1) is 11.6 Å². The van der Waals surface area contributed by atoms with Crippen molar-refractivity contribution in [2.45, 2.75) is 37.2 Å². The van der Waals surface area contributed by atoms with Gasteiger partial charge in [0.15, 0.2) is 0 Å². The van der Waals surface area contributed by atoms with E-state index < -0.39 is 17.5 Å². The SMILES string of the molecule is FC(F)(F)[C@@H]1CCCC[C@@H]1Cl. The minimum absolute atomic E-state index is 0.206. The highest BCUT2D eigenvalue weighted by Gasteiger charge is 2.44. The van der Waals surface area contributed by atoms with Crippen molar-refractivity contribution in [3.8, 4) is 0 Å². The van der Waals surface area contributed by atoms with Gasteiger partial charge in [-0.05, 0) is 12.8 Å². The lowest BCUT2D eigenvalue weighted by Crippen LogP contribution is -2.33. The van der Waals surface area contributed by atoms with Crippen LogP contribution in [0.3, 0.4) is 0 Å². The number of rotatable bonds is 0. The summed E-state index contributed by atoms with van der Waals surface area (Å²) in [5.74, 6) is -1.27. The molecule has 66 valence electrons. The Morgan fingerprint density at radius 2 is 1.64 bits per heavy atom. The Hall–Kier alpha value is 0.0800. The monoisotopic (exact) mass is 186 g/mol. The second-order valence-corrected chi connectivity index (χ2v) is 3.51. The predicted molar refractivity (Wildman–Crippen MR) is 37.7 cm³/mol. The van der Waals surface area contributed by atoms with Gasteiger partial charge in [0.25, 0.3) is 0 Å². The molecule has 1 fully saturated rings. The maximum atomic E-state index is 12.1. The highest BCUT2D eigenvalue weighted by Crippen LogP contribution is 2.39. The van der Waals surface area contributed by atoms with Gasteiger partial charge >= 0.3 is 6.18 Å². The van der Waals surface area contributed by atoms with Crippen molar-refractivity contribution >= 4 is 11.6 Å². The zero-order chi connectivity index (χ0) is 8.48. The summed E-state index contributed by atoms with van der Waals surface area (Å²) < 4.78 is 36.3. The van der Waals surface area contributed by atoms with Gasteiger partial charge in [0.05, 0.1) is 5.92 Å². The normalized spacial score (nSPS) is 33.8. The van der Waals surface area contributed by atoms with E-state index in [0.29, 0.717) is 12.8 Å². The first-order valence-electron chi connectivity index (χ1n) is 3.72. The van der Waals surface area contributed by atoms with Gasteiger partial charge in [0.2, 0.25) is 0 Å². The largest absolute Gasteiger partial charge is 0.393 e. The molecule has 1 aliphatic carbocycles. The van der Waals surface area contributed by atoms with Crippen LogP contribution in [-0.2, 0) is 0 Å². The van der Waals surface area contributed by atoms with E-state index in [1.165, 1.54) is 0 Å². The first-order valence-corrected chi connectivity index (χ1v) is 4.16. The average Bonchev–Trinajstić information content (AvgIpc) is 1.86. The lowest BCUT2D eigenvalue weighted by Gasteiger charge is -2.28. The summed E-state index contributed by atoms with van der Waals surface area (Å²) in [6.07, 6.45) is -1.88. The number of hydrogen-bond donors (Lipinski definition) is 0. The van der Waals surface area contributed by atoms with Crippen LogP contribution in [0.15, 0.2) is 0 Å². The van der Waals surface area contributed by atoms with E-state index in [-0.39, 0.29) is 6.42 Å². The zero-order valence-corrected chi connectivity index (χ0v) is 6.75. The maximum Gasteiger partial charge on any atom is 0.393 e. The molecule has 0 N–H and O–H groups in total. The van der Waals surface area contributed by atoms with E-state index in [9.17, 15) is 13.2 Å². The summed E-state index contributed by atoms with van der Waals surface area (Å²) in [6, 6.07) is 0. The van der Waals surface area contributed by atoms with E-state index in [2.05, 4.69) is 0 Å². The minimum Gasteiger partial charge on any atom is -0.171 e. The Balaban J connectivity index is 2.55. The van der Waals surface area contributed by atoms with Crippen molar-refractivity contribution in [3.05, 3.63) is 0 Å². The molecule has 1 rings (SSSR count). The van der Waals surface area contributed by atoms with Gasteiger partial charge in [-0.3, -0.25) is 0 Å². The molecule has 0 heterocycles. The van der Waals surface area contributed by atoms with E-state index >= 15 is 0 Å². The summed E-state index contributed by atoms with van der Waals surface area (Å²) in [5.41, 5.74) is 0. The third-order valence-electron chi connectivity index (χ3n) is 2.10. The number of hydrogen-bond acceptors (Lipinski definition) is 0. The molecule has 1 aliphatic rings. The van der Waals surface area contributed by atoms with Crippen molar-refractivity contribution in [2.24, 2.45) is 5.92 Å². The van der Waals surface area contributed by atoms with Crippen molar-refractivity contribution in [1.29, 1.82) is 0 Å². The van der Waals surface area contributed by atoms with Crippen LogP contribution in [0.1, 0.15) is 25.7 Å². The van der Waals surface area contributed by atoms with Crippen LogP contribution in [0.5, 0.6) is 0 Å². The fourth-order valence-corrected chi connectivity index (χ4v) is 1.88. The lowest BCUT2D eigenvalue weighted by atomic mass is 9.88. The highest BCUT2D eigenvalue weighted by molar-refractivity contribution is 6.20. The molecule has 2 atom stereocenters. The standard InChI is InChI=1S/C7H10ClF3/c8-6-4-2-1-3-5(6)7(9,10)11/h5-6H,1-4H2/t5-,6+/m1/s1. The smallest absolute Gasteiger partial charge is 0.171 e. The quantitative estimate of drug-likeness (QED) is 0.509. The predicted octanol–water partition coefficient (Wildman–Crippen LogP) is 3.35. The molecule has 4 heteroatoms. The Bertz CT molecular complexity index is 132. The molecule has 0 unspecified atom stereocenters. The molecule has 0 radical (unpaired) electrons. The molecule has 0 amide bonds. The van der Waals surface area contributed by atoms with Crippen molar-refractivity contribution in [1.82, 2.24) is 0 Å². The molecule has 1 saturated carbocycles. The lowest BCUT2D eigenvalue weighted by molar-refractivity contribution is -0.180. The summed E-state index contributed by atoms with van der Waals surface area (Å²) in [4.78, 5) is 0. The molecule has 0 aliphatic heterocycles. The topological polar surface area (TPSA) is 0 Å². The molecular formula is C7H10ClF3. The minimum atomic E-state index is -4.09. The molecule has 0 aromatic heterocycles. The molecule has 0 nitrogen and oxygen atoms in total. The van der Waals surface area contributed by atoms with Crippen LogP contribution >= 0.6 is 11.6 Å². The van der Waals surface area contributed by atoms with Gasteiger partial charge in [-0.2, -0.15) is 13.2 Å². The first kappa shape index (κ1) is 9.17. The summed E-state index contributed by atoms with van der Waals surface area (Å²) in [6.45, 7) is 0. The Kier molecular flexibility index (Phi) is 2.68. The third kappa shape index (κ3) is 2.26. The van der Waals surface area contributed by atoms with Crippen LogP contribution in [0.2, 0.25) is 0 Å². The molecule has 0 bridgehead atoms. The van der Waals surface area contributed by atoms with Crippen molar-refractivity contribution in [3.63, 3.8) is 0 Å². The van der Waals surface area contributed by atoms with E-state index in [1.54, 1.807) is 0 Å². The number of alkyl halides is 4. The molecule has 11 heavy (non-hydrogen) atoms. The van der Waals surface area contributed by atoms with Crippen LogP contribution in [-0.4, -0.2) is 11.6 Å². The Morgan fingerprint density at radius 1 is 1.09 bits per heavy atom. The molecule has 0 spiro atoms. The van der Waals surface area contributed by atoms with Crippen LogP contribution in [0.25, 0.3) is 0 Å². The fraction of sp³-hybridized carbons (Fsp3) is 1.00. The molecule has 0 aromatic rings. The number of halogens is 4. The molecular weight excluding hydrogens is 177 g/mol. The first-order chi connectivity index (χ1) is 5.02. The van der Waals surface area contributed by atoms with Crippen molar-refractivity contribution in [2.75, 3.05) is 0 Å². The van der Waals surface area contributed by atoms with E-state index in [4.69, 9.17) is 11.6 Å². The van der Waals surface area contributed by atoms with Crippen LogP contribution in [0.4, 0.5) is 13.2 Å².